The second-order valence-electron chi connectivity index (χ2n) is 26.1. The molecule has 1 spiro atoms. The van der Waals surface area contributed by atoms with Crippen LogP contribution in [-0.4, -0.2) is 16.2 Å². The third-order valence-electron chi connectivity index (χ3n) is 18.6. The predicted molar refractivity (Wildman–Crippen MR) is 370 cm³/mol. The van der Waals surface area contributed by atoms with Gasteiger partial charge < -0.3 is 14.5 Å². The number of pyridine rings is 1. The molecule has 5 nitrogen and oxygen atoms in total. The molecule has 89 heavy (non-hydrogen) atoms. The molecule has 1 aliphatic heterocycles. The Kier molecular flexibility index (Phi) is 10.6. The summed E-state index contributed by atoms with van der Waals surface area (Å²) in [5.41, 5.74) is 18.5. The number of ether oxygens (including phenoxy) is 1. The molecule has 0 radical (unpaired) electrons. The number of aromatic nitrogens is 2. The van der Waals surface area contributed by atoms with E-state index in [0.717, 1.165) is 112 Å². The molecule has 3 aliphatic rings. The topological polar surface area (TPSA) is 33.5 Å². The number of nitrogens with zero attached hydrogens (tertiary/aromatic N) is 4. The molecule has 0 N–H and O–H groups in total. The Bertz CT molecular complexity index is 5260. The molecule has 0 bridgehead atoms. The van der Waals surface area contributed by atoms with Crippen molar-refractivity contribution in [2.75, 3.05) is 16.5 Å². The maximum Gasteiger partial charge on any atom is 0.137 e. The van der Waals surface area contributed by atoms with Gasteiger partial charge in [0.1, 0.15) is 24.0 Å². The van der Waals surface area contributed by atoms with Crippen LogP contribution in [0.2, 0.25) is 0 Å². The number of rotatable bonds is 8. The van der Waals surface area contributed by atoms with E-state index in [1.54, 1.807) is 12.1 Å². The van der Waals surface area contributed by atoms with Crippen molar-refractivity contribution in [2.24, 2.45) is 0 Å². The zero-order valence-corrected chi connectivity index (χ0v) is 50.7. The van der Waals surface area contributed by atoms with Crippen LogP contribution in [0.1, 0.15) is 108 Å². The van der Waals surface area contributed by atoms with Crippen molar-refractivity contribution in [3.05, 3.63) is 311 Å². The van der Waals surface area contributed by atoms with Crippen LogP contribution in [0, 0.1) is 13.7 Å². The molecule has 2 aromatic heterocycles. The van der Waals surface area contributed by atoms with E-state index in [1.807, 2.05) is 72.9 Å². The first-order valence-electron chi connectivity index (χ1n) is 34.7. The Hall–Kier alpha value is -10.2. The van der Waals surface area contributed by atoms with Gasteiger partial charge in [0.15, 0.2) is 0 Å². The Morgan fingerprint density at radius 1 is 0.438 bits per heavy atom. The van der Waals surface area contributed by atoms with E-state index in [4.69, 9.17) is 17.9 Å². The Labute approximate surface area is 534 Å². The molecule has 432 valence electrons. The first kappa shape index (κ1) is 46.0. The number of hydrogen-bond donors (Lipinski definition) is 0. The quantitative estimate of drug-likeness (QED) is 0.152. The van der Waals surface area contributed by atoms with Gasteiger partial charge in [-0.05, 0) is 176 Å². The Morgan fingerprint density at radius 3 is 1.75 bits per heavy atom. The lowest BCUT2D eigenvalue weighted by Crippen LogP contribution is -2.34. The average molecular weight is 1160 g/mol. The molecule has 2 aliphatic carbocycles. The molecule has 0 atom stereocenters. The van der Waals surface area contributed by atoms with E-state index in [2.05, 4.69) is 220 Å². The number of para-hydroxylation sites is 3. The van der Waals surface area contributed by atoms with Crippen molar-refractivity contribution >= 4 is 44.6 Å². The minimum atomic E-state index is -2.63. The fraction of sp³-hybridized carbons (Fsp3) is 0.155. The third-order valence-corrected chi connectivity index (χ3v) is 18.6. The lowest BCUT2D eigenvalue weighted by atomic mass is 9.61. The third kappa shape index (κ3) is 8.84. The van der Waals surface area contributed by atoms with E-state index in [1.165, 1.54) is 11.6 Å². The maximum absolute atomic E-state index is 9.69. The van der Waals surface area contributed by atoms with Crippen molar-refractivity contribution < 1.29 is 15.7 Å². The van der Waals surface area contributed by atoms with Gasteiger partial charge in [-0.1, -0.05) is 216 Å². The van der Waals surface area contributed by atoms with Gasteiger partial charge in [0.25, 0.3) is 0 Å². The highest BCUT2D eigenvalue weighted by Gasteiger charge is 2.50. The summed E-state index contributed by atoms with van der Waals surface area (Å²) in [5, 5.41) is 2.18. The van der Waals surface area contributed by atoms with Gasteiger partial charge in [0.05, 0.1) is 33.5 Å². The van der Waals surface area contributed by atoms with Gasteiger partial charge in [-0.15, -0.1) is 0 Å². The van der Waals surface area contributed by atoms with Gasteiger partial charge in [-0.3, -0.25) is 4.57 Å². The van der Waals surface area contributed by atoms with Crippen molar-refractivity contribution in [1.29, 1.82) is 0 Å². The van der Waals surface area contributed by atoms with Crippen molar-refractivity contribution in [2.45, 2.75) is 77.9 Å². The van der Waals surface area contributed by atoms with Gasteiger partial charge in [0, 0.05) is 62.4 Å². The van der Waals surface area contributed by atoms with E-state index < -0.39 is 30.9 Å². The summed E-state index contributed by atoms with van der Waals surface area (Å²) in [5.74, 6) is 2.07. The van der Waals surface area contributed by atoms with Gasteiger partial charge in [-0.2, -0.15) is 0 Å². The molecule has 3 heterocycles. The molecular formula is C84H70N4O. The number of anilines is 4. The van der Waals surface area contributed by atoms with Crippen LogP contribution in [0.15, 0.2) is 255 Å². The minimum absolute atomic E-state index is 0.0527. The number of benzene rings is 11. The molecule has 0 amide bonds. The molecule has 0 fully saturated rings. The Balaban J connectivity index is 0.836. The second-order valence-corrected chi connectivity index (χ2v) is 26.1. The number of hydrogen-bond acceptors (Lipinski definition) is 4. The maximum atomic E-state index is 9.69. The van der Waals surface area contributed by atoms with Crippen molar-refractivity contribution in [3.63, 3.8) is 0 Å². The fourth-order valence-corrected chi connectivity index (χ4v) is 14.3. The SMILES string of the molecule is [2H]C([2H])([2H])c1cc(-c2cc(C(C)(C)C)cc(-c3ccc4c(c3)-c3ccccc3C43c4ccccc4C([2H])([2H])c4ccccc43)c2N2CN(c3cccc(Oc4ccc5c6ccccc6n(-c6ccc(-c7ccc(C(C)(C)C)cc7)cn6)c5c4)c3)c3ccccc32)cc(C([2H])([2H])[2H])c1. The molecular weight excluding hydrogens is 1080 g/mol. The molecule has 0 saturated carbocycles. The average Bonchev–Trinajstić information content (AvgIpc) is 1.59. The van der Waals surface area contributed by atoms with Crippen molar-refractivity contribution in [3.8, 4) is 61.8 Å². The normalized spacial score (nSPS) is 16.0. The van der Waals surface area contributed by atoms with E-state index in [-0.39, 0.29) is 16.5 Å². The van der Waals surface area contributed by atoms with Crippen molar-refractivity contribution in [1.82, 2.24) is 9.55 Å². The second kappa shape index (κ2) is 20.4. The van der Waals surface area contributed by atoms with Crippen LogP contribution in [0.5, 0.6) is 11.5 Å². The summed E-state index contributed by atoms with van der Waals surface area (Å²) < 4.78 is 81.0. The van der Waals surface area contributed by atoms with E-state index in [0.29, 0.717) is 40.4 Å². The molecule has 0 unspecified atom stereocenters. The zero-order chi connectivity index (χ0) is 67.3. The van der Waals surface area contributed by atoms with E-state index >= 15 is 0 Å². The minimum Gasteiger partial charge on any atom is -0.457 e. The van der Waals surface area contributed by atoms with Crippen LogP contribution >= 0.6 is 0 Å². The molecule has 5 heteroatoms. The largest absolute Gasteiger partial charge is 0.457 e. The standard InChI is InChI=1S/C84H70N4O/c1-53-42-54(2)44-60(43-53)70-48-62(83(6,7)8)47-69(56-34-40-75-71(46-56)66-24-11-15-28-74(66)84(75)72-26-13-9-20-57(72)45-58-21-10-14-27-73(58)84)81(70)87-52-86(77-30-17-18-31-78(77)87)63-22-19-23-64(49-63)89-65-38-39-68-67-25-12-16-29-76(67)88(79(68)50-65)80-41-35-59(51-85-80)55-32-36-61(37-33-55)82(3,4)5/h9-44,46-51H,45,52H2,1-8H3/i1D3,2D3,45D2. The highest BCUT2D eigenvalue weighted by atomic mass is 16.5. The summed E-state index contributed by atoms with van der Waals surface area (Å²) in [6.45, 7) is 8.19. The summed E-state index contributed by atoms with van der Waals surface area (Å²) in [6, 6.07) is 84.0. The van der Waals surface area contributed by atoms with Gasteiger partial charge >= 0.3 is 0 Å². The smallest absolute Gasteiger partial charge is 0.137 e. The first-order chi connectivity index (χ1) is 46.3. The fourth-order valence-electron chi connectivity index (χ4n) is 14.3. The van der Waals surface area contributed by atoms with E-state index in [9.17, 15) is 2.74 Å². The number of aryl methyl sites for hydroxylation is 2. The summed E-state index contributed by atoms with van der Waals surface area (Å²) in [6.07, 6.45) is 0.189. The summed E-state index contributed by atoms with van der Waals surface area (Å²) >= 11 is 0. The van der Waals surface area contributed by atoms with Crippen LogP contribution in [0.3, 0.4) is 0 Å². The highest BCUT2D eigenvalue weighted by molar-refractivity contribution is 6.09. The van der Waals surface area contributed by atoms with Gasteiger partial charge in [-0.25, -0.2) is 4.98 Å². The van der Waals surface area contributed by atoms with Crippen LogP contribution in [-0.2, 0) is 22.6 Å². The predicted octanol–water partition coefficient (Wildman–Crippen LogP) is 21.7. The summed E-state index contributed by atoms with van der Waals surface area (Å²) in [4.78, 5) is 9.63. The molecule has 11 aromatic carbocycles. The van der Waals surface area contributed by atoms with Crippen LogP contribution < -0.4 is 14.5 Å². The van der Waals surface area contributed by atoms with Crippen LogP contribution in [0.4, 0.5) is 22.7 Å². The number of fused-ring (bicyclic) bond motifs is 13. The molecule has 16 rings (SSSR count). The highest BCUT2D eigenvalue weighted by Crippen LogP contribution is 2.61. The zero-order valence-electron chi connectivity index (χ0n) is 58.7. The van der Waals surface area contributed by atoms with Crippen LogP contribution in [0.25, 0.3) is 72.1 Å². The lowest BCUT2D eigenvalue weighted by molar-refractivity contribution is 0.483. The van der Waals surface area contributed by atoms with Gasteiger partial charge in [0.2, 0.25) is 0 Å². The Morgan fingerprint density at radius 2 is 1.04 bits per heavy atom. The summed E-state index contributed by atoms with van der Waals surface area (Å²) in [7, 11) is 0. The molecule has 13 aromatic rings. The first-order valence-corrected chi connectivity index (χ1v) is 30.7. The lowest BCUT2D eigenvalue weighted by Gasteiger charge is -2.40. The molecule has 0 saturated heterocycles. The monoisotopic (exact) mass is 1160 g/mol.